The highest BCUT2D eigenvalue weighted by molar-refractivity contribution is 9.11. The normalized spacial score (nSPS) is 10.3. The molecule has 0 saturated heterocycles. The molecule has 78 valence electrons. The quantitative estimate of drug-likeness (QED) is 0.798. The summed E-state index contributed by atoms with van der Waals surface area (Å²) in [5, 5.41) is 0. The fourth-order valence-electron chi connectivity index (χ4n) is 1.26. The zero-order valence-corrected chi connectivity index (χ0v) is 11.2. The summed E-state index contributed by atoms with van der Waals surface area (Å²) in [4.78, 5) is 0. The van der Waals surface area contributed by atoms with Crippen molar-refractivity contribution in [2.24, 2.45) is 7.05 Å². The summed E-state index contributed by atoms with van der Waals surface area (Å²) >= 11 is 6.84. The van der Waals surface area contributed by atoms with E-state index in [0.29, 0.717) is 0 Å². The van der Waals surface area contributed by atoms with Gasteiger partial charge in [0.2, 0.25) is 0 Å². The van der Waals surface area contributed by atoms with Gasteiger partial charge in [-0.3, -0.25) is 0 Å². The fraction of sp³-hybridized carbons (Fsp3) is 0.0909. The maximum Gasteiger partial charge on any atom is 0.199 e. The molecule has 4 heteroatoms. The van der Waals surface area contributed by atoms with E-state index in [-0.39, 0.29) is 0 Å². The van der Waals surface area contributed by atoms with Crippen molar-refractivity contribution in [2.75, 3.05) is 0 Å². The third-order valence-corrected chi connectivity index (χ3v) is 2.87. The molecule has 1 aromatic carbocycles. The third kappa shape index (κ3) is 2.63. The van der Waals surface area contributed by atoms with Crippen LogP contribution in [0.25, 0.3) is 0 Å². The van der Waals surface area contributed by atoms with Gasteiger partial charge in [-0.2, -0.15) is 0 Å². The number of nitrogens with zero attached hydrogens (tertiary/aromatic N) is 1. The first-order valence-electron chi connectivity index (χ1n) is 4.40. The van der Waals surface area contributed by atoms with Crippen molar-refractivity contribution in [1.29, 1.82) is 0 Å². The van der Waals surface area contributed by atoms with Crippen molar-refractivity contribution in [3.63, 3.8) is 0 Å². The van der Waals surface area contributed by atoms with Crippen LogP contribution in [0.3, 0.4) is 0 Å². The summed E-state index contributed by atoms with van der Waals surface area (Å²) in [5.74, 6) is 1.62. The average molecular weight is 331 g/mol. The number of ether oxygens (including phenoxy) is 1. The molecular formula is C11H9Br2NO. The van der Waals surface area contributed by atoms with Gasteiger partial charge in [-0.05, 0) is 24.3 Å². The van der Waals surface area contributed by atoms with E-state index in [1.807, 2.05) is 48.1 Å². The van der Waals surface area contributed by atoms with E-state index in [2.05, 4.69) is 31.9 Å². The molecule has 0 atom stereocenters. The minimum atomic E-state index is 0.804. The second kappa shape index (κ2) is 4.41. The van der Waals surface area contributed by atoms with Crippen LogP contribution in [0, 0.1) is 0 Å². The molecule has 0 spiro atoms. The summed E-state index contributed by atoms with van der Waals surface area (Å²) in [6, 6.07) is 9.70. The Hall–Kier alpha value is -0.740. The first kappa shape index (κ1) is 10.8. The molecule has 0 aliphatic heterocycles. The van der Waals surface area contributed by atoms with Gasteiger partial charge in [0.1, 0.15) is 5.75 Å². The van der Waals surface area contributed by atoms with Crippen molar-refractivity contribution in [2.45, 2.75) is 0 Å². The Kier molecular flexibility index (Phi) is 3.17. The number of hydrogen-bond donors (Lipinski definition) is 0. The zero-order chi connectivity index (χ0) is 10.8. The van der Waals surface area contributed by atoms with Gasteiger partial charge in [0.15, 0.2) is 5.88 Å². The molecular weight excluding hydrogens is 322 g/mol. The lowest BCUT2D eigenvalue weighted by atomic mass is 10.3. The lowest BCUT2D eigenvalue weighted by molar-refractivity contribution is 0.442. The first-order chi connectivity index (χ1) is 7.15. The Morgan fingerprint density at radius 1 is 1.13 bits per heavy atom. The van der Waals surface area contributed by atoms with E-state index in [0.717, 1.165) is 20.6 Å². The molecule has 0 amide bonds. The van der Waals surface area contributed by atoms with Gasteiger partial charge in [0.05, 0.1) is 0 Å². The van der Waals surface area contributed by atoms with Crippen LogP contribution in [0.1, 0.15) is 0 Å². The molecule has 2 rings (SSSR count). The molecule has 15 heavy (non-hydrogen) atoms. The molecule has 0 unspecified atom stereocenters. The smallest absolute Gasteiger partial charge is 0.199 e. The van der Waals surface area contributed by atoms with E-state index >= 15 is 0 Å². The number of hydrogen-bond acceptors (Lipinski definition) is 1. The minimum Gasteiger partial charge on any atom is -0.441 e. The topological polar surface area (TPSA) is 14.2 Å². The summed E-state index contributed by atoms with van der Waals surface area (Å²) in [6.45, 7) is 0. The van der Waals surface area contributed by atoms with Gasteiger partial charge in [-0.1, -0.05) is 31.9 Å². The molecule has 0 bridgehead atoms. The van der Waals surface area contributed by atoms with E-state index < -0.39 is 0 Å². The highest BCUT2D eigenvalue weighted by atomic mass is 79.9. The summed E-state index contributed by atoms with van der Waals surface area (Å²) in [7, 11) is 1.95. The largest absolute Gasteiger partial charge is 0.441 e. The predicted molar refractivity (Wildman–Crippen MR) is 67.3 cm³/mol. The van der Waals surface area contributed by atoms with Gasteiger partial charge >= 0.3 is 0 Å². The molecule has 0 saturated carbocycles. The van der Waals surface area contributed by atoms with Gasteiger partial charge in [-0.15, -0.1) is 0 Å². The van der Waals surface area contributed by atoms with Crippen molar-refractivity contribution >= 4 is 31.9 Å². The van der Waals surface area contributed by atoms with Crippen LogP contribution in [0.4, 0.5) is 0 Å². The number of benzene rings is 1. The molecule has 0 aliphatic rings. The van der Waals surface area contributed by atoms with Gasteiger partial charge in [-0.25, -0.2) is 0 Å². The van der Waals surface area contributed by atoms with Crippen molar-refractivity contribution in [1.82, 2.24) is 4.57 Å². The Labute approximate surface area is 105 Å². The van der Waals surface area contributed by atoms with E-state index in [9.17, 15) is 0 Å². The predicted octanol–water partition coefficient (Wildman–Crippen LogP) is 4.34. The number of rotatable bonds is 2. The van der Waals surface area contributed by atoms with Crippen LogP contribution in [-0.4, -0.2) is 4.57 Å². The Morgan fingerprint density at radius 2 is 1.80 bits per heavy atom. The number of aromatic nitrogens is 1. The van der Waals surface area contributed by atoms with Crippen LogP contribution in [0.15, 0.2) is 45.5 Å². The minimum absolute atomic E-state index is 0.804. The number of halogens is 2. The third-order valence-electron chi connectivity index (χ3n) is 1.95. The van der Waals surface area contributed by atoms with E-state index in [1.54, 1.807) is 0 Å². The van der Waals surface area contributed by atoms with Crippen LogP contribution in [-0.2, 0) is 7.05 Å². The molecule has 2 aromatic rings. The highest BCUT2D eigenvalue weighted by Crippen LogP contribution is 2.28. The van der Waals surface area contributed by atoms with Gasteiger partial charge < -0.3 is 9.30 Å². The average Bonchev–Trinajstić information content (AvgIpc) is 2.50. The molecule has 1 aromatic heterocycles. The van der Waals surface area contributed by atoms with E-state index in [1.165, 1.54) is 0 Å². The van der Waals surface area contributed by atoms with Crippen LogP contribution in [0.2, 0.25) is 0 Å². The van der Waals surface area contributed by atoms with Crippen LogP contribution >= 0.6 is 31.9 Å². The van der Waals surface area contributed by atoms with Crippen LogP contribution in [0.5, 0.6) is 11.6 Å². The standard InChI is InChI=1S/C11H9Br2NO/c1-14-4-2-3-11(14)15-10-6-8(12)5-9(13)7-10/h2-7H,1H3. The molecule has 0 fully saturated rings. The second-order valence-electron chi connectivity index (χ2n) is 3.16. The summed E-state index contributed by atoms with van der Waals surface area (Å²) < 4.78 is 9.61. The molecule has 0 N–H and O–H groups in total. The zero-order valence-electron chi connectivity index (χ0n) is 8.08. The lowest BCUT2D eigenvalue weighted by Gasteiger charge is -2.07. The maximum atomic E-state index is 5.71. The molecule has 0 aliphatic carbocycles. The SMILES string of the molecule is Cn1cccc1Oc1cc(Br)cc(Br)c1. The Bertz CT molecular complexity index is 459. The molecule has 0 radical (unpaired) electrons. The van der Waals surface area contributed by atoms with Crippen molar-refractivity contribution < 1.29 is 4.74 Å². The monoisotopic (exact) mass is 329 g/mol. The lowest BCUT2D eigenvalue weighted by Crippen LogP contribution is -1.91. The van der Waals surface area contributed by atoms with Crippen molar-refractivity contribution in [3.05, 3.63) is 45.5 Å². The van der Waals surface area contributed by atoms with Gasteiger partial charge in [0.25, 0.3) is 0 Å². The maximum absolute atomic E-state index is 5.71. The van der Waals surface area contributed by atoms with Gasteiger partial charge in [0, 0.05) is 28.3 Å². The van der Waals surface area contributed by atoms with E-state index in [4.69, 9.17) is 4.74 Å². The number of aryl methyl sites for hydroxylation is 1. The summed E-state index contributed by atoms with van der Waals surface area (Å²) in [6.07, 6.45) is 1.95. The first-order valence-corrected chi connectivity index (χ1v) is 5.99. The highest BCUT2D eigenvalue weighted by Gasteiger charge is 2.02. The fourth-order valence-corrected chi connectivity index (χ4v) is 2.51. The van der Waals surface area contributed by atoms with Crippen molar-refractivity contribution in [3.8, 4) is 11.6 Å². The summed E-state index contributed by atoms with van der Waals surface area (Å²) in [5.41, 5.74) is 0. The Balaban J connectivity index is 2.28. The molecule has 2 nitrogen and oxygen atoms in total. The Morgan fingerprint density at radius 3 is 2.33 bits per heavy atom. The second-order valence-corrected chi connectivity index (χ2v) is 5.00. The van der Waals surface area contributed by atoms with Crippen LogP contribution < -0.4 is 4.74 Å². The molecule has 1 heterocycles.